The van der Waals surface area contributed by atoms with Crippen LogP contribution in [-0.2, 0) is 16.1 Å². The number of ether oxygens (including phenoxy) is 4. The van der Waals surface area contributed by atoms with Gasteiger partial charge in [-0.3, -0.25) is 0 Å². The van der Waals surface area contributed by atoms with Crippen LogP contribution in [0, 0.1) is 0 Å². The Morgan fingerprint density at radius 1 is 1.07 bits per heavy atom. The predicted molar refractivity (Wildman–Crippen MR) is 103 cm³/mol. The highest BCUT2D eigenvalue weighted by Crippen LogP contribution is 2.28. The molecule has 2 rings (SSSR count). The molecule has 0 atom stereocenters. The van der Waals surface area contributed by atoms with Gasteiger partial charge >= 0.3 is 5.97 Å². The smallest absolute Gasteiger partial charge is 0.343 e. The molecule has 0 radical (unpaired) electrons. The average molecular weight is 372 g/mol. The Labute approximate surface area is 158 Å². The van der Waals surface area contributed by atoms with Gasteiger partial charge in [-0.2, -0.15) is 5.10 Å². The average Bonchev–Trinajstić information content (AvgIpc) is 2.70. The molecule has 0 unspecified atom stereocenters. The minimum atomic E-state index is -0.455. The van der Waals surface area contributed by atoms with Crippen molar-refractivity contribution < 1.29 is 23.7 Å². The van der Waals surface area contributed by atoms with E-state index in [-0.39, 0.29) is 6.61 Å². The standard InChI is InChI=1S/C20H24N2O5/c1-4-26-19-11-15(9-10-18(19)27-14-20(23)25-3)12-21-22-13-16-7-5-6-8-17(16)24-2/h5-12,22H,4,13-14H2,1-3H3/b21-12-. The van der Waals surface area contributed by atoms with Gasteiger partial charge in [0.15, 0.2) is 18.1 Å². The molecule has 144 valence electrons. The van der Waals surface area contributed by atoms with Crippen LogP contribution in [0.25, 0.3) is 0 Å². The molecule has 0 heterocycles. The molecule has 27 heavy (non-hydrogen) atoms. The van der Waals surface area contributed by atoms with Crippen molar-refractivity contribution >= 4 is 12.2 Å². The van der Waals surface area contributed by atoms with Crippen molar-refractivity contribution in [3.05, 3.63) is 53.6 Å². The summed E-state index contributed by atoms with van der Waals surface area (Å²) in [6.07, 6.45) is 1.68. The number of hydrogen-bond donors (Lipinski definition) is 1. The van der Waals surface area contributed by atoms with E-state index in [9.17, 15) is 4.79 Å². The van der Waals surface area contributed by atoms with E-state index in [0.717, 1.165) is 16.9 Å². The second-order valence-corrected chi connectivity index (χ2v) is 5.41. The topological polar surface area (TPSA) is 78.4 Å². The largest absolute Gasteiger partial charge is 0.496 e. The zero-order chi connectivity index (χ0) is 19.5. The molecular formula is C20H24N2O5. The Hall–Kier alpha value is -3.22. The zero-order valence-electron chi connectivity index (χ0n) is 15.7. The normalized spacial score (nSPS) is 10.5. The first-order valence-corrected chi connectivity index (χ1v) is 8.52. The number of carbonyl (C=O) groups excluding carboxylic acids is 1. The monoisotopic (exact) mass is 372 g/mol. The van der Waals surface area contributed by atoms with Gasteiger partial charge in [0.2, 0.25) is 0 Å². The molecule has 0 amide bonds. The fourth-order valence-electron chi connectivity index (χ4n) is 2.29. The molecule has 0 spiro atoms. The van der Waals surface area contributed by atoms with Gasteiger partial charge in [0, 0.05) is 5.56 Å². The van der Waals surface area contributed by atoms with Gasteiger partial charge in [-0.05, 0) is 36.8 Å². The zero-order valence-corrected chi connectivity index (χ0v) is 15.7. The van der Waals surface area contributed by atoms with Gasteiger partial charge in [0.25, 0.3) is 0 Å². The minimum absolute atomic E-state index is 0.176. The first kappa shape index (κ1) is 20.1. The lowest BCUT2D eigenvalue weighted by atomic mass is 10.2. The maximum absolute atomic E-state index is 11.2. The van der Waals surface area contributed by atoms with Crippen molar-refractivity contribution in [3.8, 4) is 17.2 Å². The van der Waals surface area contributed by atoms with Gasteiger partial charge < -0.3 is 24.4 Å². The van der Waals surface area contributed by atoms with Crippen molar-refractivity contribution in [2.24, 2.45) is 5.10 Å². The molecule has 0 aromatic heterocycles. The third-order valence-electron chi connectivity index (χ3n) is 3.61. The lowest BCUT2D eigenvalue weighted by Gasteiger charge is -2.11. The van der Waals surface area contributed by atoms with Crippen LogP contribution in [-0.4, -0.2) is 39.6 Å². The highest BCUT2D eigenvalue weighted by molar-refractivity contribution is 5.80. The van der Waals surface area contributed by atoms with Crippen molar-refractivity contribution in [1.82, 2.24) is 5.43 Å². The van der Waals surface area contributed by atoms with E-state index in [2.05, 4.69) is 15.3 Å². The summed E-state index contributed by atoms with van der Waals surface area (Å²) in [6.45, 7) is 2.71. The molecule has 1 N–H and O–H groups in total. The van der Waals surface area contributed by atoms with E-state index in [4.69, 9.17) is 14.2 Å². The van der Waals surface area contributed by atoms with Crippen molar-refractivity contribution in [2.75, 3.05) is 27.4 Å². The molecule has 0 aliphatic heterocycles. The number of hydrogen-bond acceptors (Lipinski definition) is 7. The summed E-state index contributed by atoms with van der Waals surface area (Å²) in [5, 5.41) is 4.23. The van der Waals surface area contributed by atoms with E-state index in [1.165, 1.54) is 7.11 Å². The highest BCUT2D eigenvalue weighted by Gasteiger charge is 2.09. The summed E-state index contributed by atoms with van der Waals surface area (Å²) < 4.78 is 20.9. The van der Waals surface area contributed by atoms with Gasteiger partial charge in [-0.15, -0.1) is 0 Å². The van der Waals surface area contributed by atoms with Crippen molar-refractivity contribution in [1.29, 1.82) is 0 Å². The predicted octanol–water partition coefficient (Wildman–Crippen LogP) is 2.77. The summed E-state index contributed by atoms with van der Waals surface area (Å²) in [5.74, 6) is 1.37. The summed E-state index contributed by atoms with van der Waals surface area (Å²) in [5.41, 5.74) is 4.84. The molecule has 2 aromatic carbocycles. The molecule has 0 saturated heterocycles. The third kappa shape index (κ3) is 6.22. The number of esters is 1. The summed E-state index contributed by atoms with van der Waals surface area (Å²) >= 11 is 0. The fraction of sp³-hybridized carbons (Fsp3) is 0.300. The minimum Gasteiger partial charge on any atom is -0.496 e. The van der Waals surface area contributed by atoms with Crippen LogP contribution in [0.1, 0.15) is 18.1 Å². The van der Waals surface area contributed by atoms with E-state index in [1.54, 1.807) is 25.5 Å². The molecule has 0 aliphatic carbocycles. The molecule has 0 fully saturated rings. The van der Waals surface area contributed by atoms with E-state index in [0.29, 0.717) is 24.7 Å². The van der Waals surface area contributed by atoms with E-state index in [1.807, 2.05) is 37.3 Å². The number of nitrogens with zero attached hydrogens (tertiary/aromatic N) is 1. The van der Waals surface area contributed by atoms with Crippen LogP contribution in [0.15, 0.2) is 47.6 Å². The maximum atomic E-state index is 11.2. The van der Waals surface area contributed by atoms with Crippen LogP contribution in [0.2, 0.25) is 0 Å². The maximum Gasteiger partial charge on any atom is 0.343 e. The van der Waals surface area contributed by atoms with Crippen molar-refractivity contribution in [2.45, 2.75) is 13.5 Å². The lowest BCUT2D eigenvalue weighted by Crippen LogP contribution is -2.13. The molecule has 0 aliphatic rings. The first-order chi connectivity index (χ1) is 13.2. The Morgan fingerprint density at radius 3 is 2.63 bits per heavy atom. The van der Waals surface area contributed by atoms with Crippen LogP contribution in [0.4, 0.5) is 0 Å². The van der Waals surface area contributed by atoms with Gasteiger partial charge in [0.1, 0.15) is 5.75 Å². The second-order valence-electron chi connectivity index (χ2n) is 5.41. The van der Waals surface area contributed by atoms with Crippen LogP contribution < -0.4 is 19.6 Å². The Kier molecular flexibility index (Phi) is 7.96. The summed E-state index contributed by atoms with van der Waals surface area (Å²) in [7, 11) is 2.95. The number of nitrogens with one attached hydrogen (secondary N) is 1. The number of carbonyl (C=O) groups is 1. The van der Waals surface area contributed by atoms with Crippen LogP contribution in [0.5, 0.6) is 17.2 Å². The highest BCUT2D eigenvalue weighted by atomic mass is 16.6. The van der Waals surface area contributed by atoms with Gasteiger partial charge in [-0.1, -0.05) is 18.2 Å². The summed E-state index contributed by atoms with van der Waals surface area (Å²) in [4.78, 5) is 11.2. The van der Waals surface area contributed by atoms with Crippen LogP contribution >= 0.6 is 0 Å². The number of benzene rings is 2. The molecule has 0 bridgehead atoms. The Balaban J connectivity index is 1.99. The lowest BCUT2D eigenvalue weighted by molar-refractivity contribution is -0.142. The molecule has 7 heteroatoms. The Morgan fingerprint density at radius 2 is 1.89 bits per heavy atom. The number of methoxy groups -OCH3 is 2. The fourth-order valence-corrected chi connectivity index (χ4v) is 2.29. The molecular weight excluding hydrogens is 348 g/mol. The summed E-state index contributed by atoms with van der Waals surface area (Å²) in [6, 6.07) is 13.1. The van der Waals surface area contributed by atoms with E-state index >= 15 is 0 Å². The number of hydrazone groups is 1. The van der Waals surface area contributed by atoms with E-state index < -0.39 is 5.97 Å². The SMILES string of the molecule is CCOc1cc(/C=N\NCc2ccccc2OC)ccc1OCC(=O)OC. The van der Waals surface area contributed by atoms with Crippen molar-refractivity contribution in [3.63, 3.8) is 0 Å². The molecule has 2 aromatic rings. The third-order valence-corrected chi connectivity index (χ3v) is 3.61. The number of para-hydroxylation sites is 1. The van der Waals surface area contributed by atoms with Crippen LogP contribution in [0.3, 0.4) is 0 Å². The molecule has 0 saturated carbocycles. The van der Waals surface area contributed by atoms with Gasteiger partial charge in [0.05, 0.1) is 33.6 Å². The van der Waals surface area contributed by atoms with Gasteiger partial charge in [-0.25, -0.2) is 4.79 Å². The quantitative estimate of drug-likeness (QED) is 0.393. The number of rotatable bonds is 10. The first-order valence-electron chi connectivity index (χ1n) is 8.52. The second kappa shape index (κ2) is 10.7. The Bertz CT molecular complexity index is 777. The molecule has 7 nitrogen and oxygen atoms in total.